The maximum atomic E-state index is 13.2. The summed E-state index contributed by atoms with van der Waals surface area (Å²) in [6.07, 6.45) is 7.34. The lowest BCUT2D eigenvalue weighted by molar-refractivity contribution is -0.148. The molecule has 1 saturated heterocycles. The SMILES string of the molecule is CN1CC[C@]23c4c5ccc(O)c4O[C@H]2[C@@H](N(C)C(=O)/C=C/c2cc(Br)cs2)CC[C@@]3(C)[C@H]1C5. The summed E-state index contributed by atoms with van der Waals surface area (Å²) in [4.78, 5) is 18.7. The number of likely N-dealkylation sites (tertiary alicyclic amines) is 1. The van der Waals surface area contributed by atoms with Gasteiger partial charge in [-0.2, -0.15) is 0 Å². The highest BCUT2D eigenvalue weighted by Crippen LogP contribution is 2.69. The van der Waals surface area contributed by atoms with Crippen molar-refractivity contribution in [2.75, 3.05) is 20.6 Å². The molecular weight excluding hydrogens is 500 g/mol. The molecule has 1 saturated carbocycles. The number of aromatic hydroxyl groups is 1. The predicted octanol–water partition coefficient (Wildman–Crippen LogP) is 4.82. The molecule has 33 heavy (non-hydrogen) atoms. The number of hydrogen-bond donors (Lipinski definition) is 1. The van der Waals surface area contributed by atoms with Crippen molar-refractivity contribution in [1.82, 2.24) is 9.80 Å². The first-order chi connectivity index (χ1) is 15.8. The summed E-state index contributed by atoms with van der Waals surface area (Å²) < 4.78 is 7.70. The molecule has 7 heteroatoms. The van der Waals surface area contributed by atoms with E-state index in [9.17, 15) is 9.90 Å². The second-order valence-electron chi connectivity index (χ2n) is 10.4. The second-order valence-corrected chi connectivity index (χ2v) is 12.2. The molecule has 1 N–H and O–H groups in total. The Morgan fingerprint density at radius 2 is 2.21 bits per heavy atom. The lowest BCUT2D eigenvalue weighted by atomic mass is 9.43. The van der Waals surface area contributed by atoms with Crippen molar-refractivity contribution >= 4 is 39.2 Å². The zero-order valence-corrected chi connectivity index (χ0v) is 21.6. The molecule has 0 radical (unpaired) electrons. The summed E-state index contributed by atoms with van der Waals surface area (Å²) in [5, 5.41) is 12.8. The number of amides is 1. The lowest BCUT2D eigenvalue weighted by Gasteiger charge is -2.65. The Morgan fingerprint density at radius 3 is 2.97 bits per heavy atom. The fourth-order valence-electron chi connectivity index (χ4n) is 7.45. The average Bonchev–Trinajstić information content (AvgIpc) is 3.36. The first-order valence-electron chi connectivity index (χ1n) is 11.7. The van der Waals surface area contributed by atoms with Gasteiger partial charge in [-0.15, -0.1) is 11.3 Å². The number of carbonyl (C=O) groups excluding carboxylic acids is 1. The molecule has 1 spiro atoms. The number of likely N-dealkylation sites (N-methyl/N-ethyl adjacent to an activating group) is 2. The number of carbonyl (C=O) groups is 1. The van der Waals surface area contributed by atoms with Crippen molar-refractivity contribution in [3.63, 3.8) is 0 Å². The number of benzene rings is 1. The van der Waals surface area contributed by atoms with Gasteiger partial charge in [0.05, 0.1) is 6.04 Å². The number of nitrogens with zero attached hydrogens (tertiary/aromatic N) is 2. The van der Waals surface area contributed by atoms with Gasteiger partial charge in [-0.25, -0.2) is 0 Å². The molecule has 5 atom stereocenters. The smallest absolute Gasteiger partial charge is 0.246 e. The summed E-state index contributed by atoms with van der Waals surface area (Å²) in [6, 6.07) is 6.30. The number of phenolic OH excluding ortho intramolecular Hbond substituents is 1. The highest BCUT2D eigenvalue weighted by Gasteiger charge is 2.71. The van der Waals surface area contributed by atoms with Gasteiger partial charge < -0.3 is 19.6 Å². The van der Waals surface area contributed by atoms with Crippen LogP contribution in [0.3, 0.4) is 0 Å². The molecule has 0 unspecified atom stereocenters. The van der Waals surface area contributed by atoms with Gasteiger partial charge in [0.15, 0.2) is 11.5 Å². The van der Waals surface area contributed by atoms with E-state index in [1.807, 2.05) is 29.5 Å². The first kappa shape index (κ1) is 21.7. The minimum absolute atomic E-state index is 0.00573. The molecule has 2 aromatic rings. The molecule has 2 bridgehead atoms. The molecule has 174 valence electrons. The van der Waals surface area contributed by atoms with E-state index in [1.54, 1.807) is 23.5 Å². The number of ether oxygens (including phenoxy) is 1. The molecule has 2 aliphatic heterocycles. The summed E-state index contributed by atoms with van der Waals surface area (Å²) >= 11 is 5.08. The molecule has 2 fully saturated rings. The van der Waals surface area contributed by atoms with Crippen LogP contribution in [0.15, 0.2) is 34.1 Å². The van der Waals surface area contributed by atoms with Crippen LogP contribution in [0.5, 0.6) is 11.5 Å². The van der Waals surface area contributed by atoms with Gasteiger partial charge in [-0.3, -0.25) is 4.79 Å². The van der Waals surface area contributed by atoms with Gasteiger partial charge in [0.2, 0.25) is 5.91 Å². The third-order valence-electron chi connectivity index (χ3n) is 9.09. The molecule has 3 heterocycles. The summed E-state index contributed by atoms with van der Waals surface area (Å²) in [6.45, 7) is 3.44. The normalized spacial score (nSPS) is 34.2. The zero-order chi connectivity index (χ0) is 23.1. The summed E-state index contributed by atoms with van der Waals surface area (Å²) in [5.74, 6) is 0.889. The Labute approximate surface area is 207 Å². The number of hydrogen-bond acceptors (Lipinski definition) is 5. The highest BCUT2D eigenvalue weighted by atomic mass is 79.9. The van der Waals surface area contributed by atoms with Crippen molar-refractivity contribution in [2.24, 2.45) is 5.41 Å². The van der Waals surface area contributed by atoms with E-state index >= 15 is 0 Å². The van der Waals surface area contributed by atoms with Gasteiger partial charge >= 0.3 is 0 Å². The maximum absolute atomic E-state index is 13.2. The molecule has 1 amide bonds. The van der Waals surface area contributed by atoms with Gasteiger partial charge in [-0.05, 0) is 84.4 Å². The number of phenols is 1. The van der Waals surface area contributed by atoms with Gasteiger partial charge in [-0.1, -0.05) is 13.0 Å². The monoisotopic (exact) mass is 528 g/mol. The lowest BCUT2D eigenvalue weighted by Crippen LogP contribution is -2.73. The van der Waals surface area contributed by atoms with Crippen LogP contribution < -0.4 is 4.74 Å². The van der Waals surface area contributed by atoms with Gasteiger partial charge in [0.1, 0.15) is 6.10 Å². The Balaban J connectivity index is 1.39. The number of rotatable bonds is 3. The van der Waals surface area contributed by atoms with E-state index in [-0.39, 0.29) is 34.6 Å². The van der Waals surface area contributed by atoms with Crippen molar-refractivity contribution in [2.45, 2.75) is 56.2 Å². The Kier molecular flexibility index (Phi) is 4.82. The first-order valence-corrected chi connectivity index (χ1v) is 13.3. The quantitative estimate of drug-likeness (QED) is 0.580. The Hall–Kier alpha value is -1.83. The van der Waals surface area contributed by atoms with Crippen molar-refractivity contribution in [3.8, 4) is 11.5 Å². The third-order valence-corrected chi connectivity index (χ3v) is 10.7. The van der Waals surface area contributed by atoms with Crippen molar-refractivity contribution < 1.29 is 14.6 Å². The van der Waals surface area contributed by atoms with Crippen LogP contribution in [0.25, 0.3) is 6.08 Å². The maximum Gasteiger partial charge on any atom is 0.246 e. The van der Waals surface area contributed by atoms with Crippen LogP contribution in [-0.2, 0) is 16.6 Å². The molecule has 5 nitrogen and oxygen atoms in total. The Bertz CT molecular complexity index is 1180. The highest BCUT2D eigenvalue weighted by molar-refractivity contribution is 9.10. The average molecular weight is 530 g/mol. The summed E-state index contributed by atoms with van der Waals surface area (Å²) in [7, 11) is 4.15. The van der Waals surface area contributed by atoms with Crippen LogP contribution in [0.1, 0.15) is 42.2 Å². The van der Waals surface area contributed by atoms with E-state index in [0.29, 0.717) is 11.8 Å². The largest absolute Gasteiger partial charge is 0.504 e. The second kappa shape index (κ2) is 7.33. The van der Waals surface area contributed by atoms with Crippen LogP contribution >= 0.6 is 27.3 Å². The van der Waals surface area contributed by atoms with E-state index in [2.05, 4.69) is 40.9 Å². The molecule has 1 aromatic carbocycles. The fourth-order valence-corrected chi connectivity index (χ4v) is 8.79. The molecule has 4 aliphatic rings. The zero-order valence-electron chi connectivity index (χ0n) is 19.2. The number of halogens is 1. The fraction of sp³-hybridized carbons (Fsp3) is 0.500. The van der Waals surface area contributed by atoms with E-state index in [1.165, 1.54) is 11.1 Å². The molecule has 1 aromatic heterocycles. The van der Waals surface area contributed by atoms with Crippen LogP contribution in [0, 0.1) is 5.41 Å². The standard InChI is InChI=1S/C26H29BrN2O3S/c1-25-9-8-18(29(3)21(31)7-5-17-13-16(27)14-33-17)24-26(25)10-11-28(2)20(25)12-15-4-6-19(30)23(32-24)22(15)26/h4-7,13-14,18,20,24,30H,8-12H2,1-3H3/b7-5+/t18-,20+,24-,25-,26-/m0/s1. The van der Waals surface area contributed by atoms with Crippen LogP contribution in [0.2, 0.25) is 0 Å². The van der Waals surface area contributed by atoms with Crippen LogP contribution in [-0.4, -0.2) is 59.6 Å². The number of thiophene rings is 1. The van der Waals surface area contributed by atoms with Gasteiger partial charge in [0, 0.05) is 44.9 Å². The molecule has 2 aliphatic carbocycles. The van der Waals surface area contributed by atoms with E-state index < -0.39 is 0 Å². The third kappa shape index (κ3) is 2.82. The number of piperidine rings is 1. The summed E-state index contributed by atoms with van der Waals surface area (Å²) in [5.41, 5.74) is 2.41. The molecule has 6 rings (SSSR count). The molecular formula is C26H29BrN2O3S. The minimum Gasteiger partial charge on any atom is -0.504 e. The van der Waals surface area contributed by atoms with Gasteiger partial charge in [0.25, 0.3) is 0 Å². The minimum atomic E-state index is -0.175. The van der Waals surface area contributed by atoms with Crippen molar-refractivity contribution in [3.05, 3.63) is 50.1 Å². The Morgan fingerprint density at radius 1 is 1.39 bits per heavy atom. The van der Waals surface area contributed by atoms with Crippen molar-refractivity contribution in [1.29, 1.82) is 0 Å². The van der Waals surface area contributed by atoms with E-state index in [0.717, 1.165) is 41.6 Å². The predicted molar refractivity (Wildman–Crippen MR) is 134 cm³/mol. The van der Waals surface area contributed by atoms with E-state index in [4.69, 9.17) is 4.74 Å². The van der Waals surface area contributed by atoms with Crippen LogP contribution in [0.4, 0.5) is 0 Å². The topological polar surface area (TPSA) is 53.0 Å².